The summed E-state index contributed by atoms with van der Waals surface area (Å²) >= 11 is 0. The molecule has 1 amide bonds. The van der Waals surface area contributed by atoms with Crippen LogP contribution in [0.5, 0.6) is 0 Å². The van der Waals surface area contributed by atoms with E-state index in [-0.39, 0.29) is 18.4 Å². The third-order valence-corrected chi connectivity index (χ3v) is 5.12. The summed E-state index contributed by atoms with van der Waals surface area (Å²) in [7, 11) is -1.53. The Bertz CT molecular complexity index is 583. The first-order valence-corrected chi connectivity index (χ1v) is 8.83. The number of nitrogens with one attached hydrogen (secondary N) is 3. The van der Waals surface area contributed by atoms with Crippen LogP contribution >= 0.6 is 0 Å². The maximum absolute atomic E-state index is 11.7. The summed E-state index contributed by atoms with van der Waals surface area (Å²) in [5, 5.41) is 5.11. The van der Waals surface area contributed by atoms with Crippen LogP contribution < -0.4 is 15.4 Å². The minimum absolute atomic E-state index is 0.0515. The van der Waals surface area contributed by atoms with Crippen LogP contribution in [0.4, 0.5) is 5.69 Å². The Balaban J connectivity index is 2.61. The predicted molar refractivity (Wildman–Crippen MR) is 89.5 cm³/mol. The van der Waals surface area contributed by atoms with Crippen molar-refractivity contribution in [2.75, 3.05) is 25.5 Å². The quantitative estimate of drug-likeness (QED) is 0.671. The number of hydrogen-bond donors (Lipinski definition) is 3. The summed E-state index contributed by atoms with van der Waals surface area (Å²) in [5.74, 6) is -0.0522. The molecule has 1 aromatic rings. The van der Waals surface area contributed by atoms with Crippen LogP contribution in [0.3, 0.4) is 0 Å². The summed E-state index contributed by atoms with van der Waals surface area (Å²) in [6.07, 6.45) is 0. The number of benzene rings is 1. The molecule has 0 spiro atoms. The van der Waals surface area contributed by atoms with Gasteiger partial charge in [-0.2, -0.15) is 0 Å². The van der Waals surface area contributed by atoms with Gasteiger partial charge in [0.2, 0.25) is 15.9 Å². The Morgan fingerprint density at radius 1 is 1.14 bits per heavy atom. The highest BCUT2D eigenvalue weighted by Crippen LogP contribution is 2.18. The van der Waals surface area contributed by atoms with Crippen molar-refractivity contribution in [1.82, 2.24) is 10.0 Å². The summed E-state index contributed by atoms with van der Waals surface area (Å²) in [4.78, 5) is 11.5. The molecule has 0 saturated carbocycles. The topological polar surface area (TPSA) is 87.3 Å². The molecule has 0 aliphatic carbocycles. The van der Waals surface area contributed by atoms with Gasteiger partial charge in [-0.3, -0.25) is 4.79 Å². The monoisotopic (exact) mass is 327 g/mol. The van der Waals surface area contributed by atoms with Gasteiger partial charge in [0.1, 0.15) is 0 Å². The molecule has 0 saturated heterocycles. The molecular weight excluding hydrogens is 302 g/mol. The first kappa shape index (κ1) is 18.6. The fourth-order valence-corrected chi connectivity index (χ4v) is 2.60. The zero-order valence-corrected chi connectivity index (χ0v) is 14.3. The van der Waals surface area contributed by atoms with Crippen LogP contribution in [0.25, 0.3) is 0 Å². The molecule has 0 heterocycles. The van der Waals surface area contributed by atoms with E-state index in [1.165, 1.54) is 0 Å². The lowest BCUT2D eigenvalue weighted by molar-refractivity contribution is -0.115. The molecule has 1 rings (SSSR count). The smallest absolute Gasteiger partial charge is 0.238 e. The lowest BCUT2D eigenvalue weighted by atomic mass is 10.0. The lowest BCUT2D eigenvalue weighted by Gasteiger charge is -2.15. The molecule has 124 valence electrons. The Hall–Kier alpha value is -1.44. The van der Waals surface area contributed by atoms with E-state index in [0.29, 0.717) is 6.54 Å². The Kier molecular flexibility index (Phi) is 6.99. The van der Waals surface area contributed by atoms with E-state index in [2.05, 4.69) is 15.4 Å². The average molecular weight is 327 g/mol. The Morgan fingerprint density at radius 2 is 1.73 bits per heavy atom. The molecule has 0 radical (unpaired) electrons. The van der Waals surface area contributed by atoms with Gasteiger partial charge in [-0.25, -0.2) is 13.1 Å². The number of carbonyl (C=O) groups excluding carboxylic acids is 1. The molecule has 0 aliphatic heterocycles. The molecule has 6 nitrogen and oxygen atoms in total. The maximum atomic E-state index is 11.7. The Morgan fingerprint density at radius 3 is 2.23 bits per heavy atom. The molecule has 1 aromatic carbocycles. The molecule has 22 heavy (non-hydrogen) atoms. The predicted octanol–water partition coefficient (Wildman–Crippen LogP) is 1.28. The third-order valence-electron chi connectivity index (χ3n) is 3.31. The van der Waals surface area contributed by atoms with Crippen LogP contribution in [0.1, 0.15) is 32.3 Å². The van der Waals surface area contributed by atoms with E-state index in [1.54, 1.807) is 20.9 Å². The fraction of sp³-hybridized carbons (Fsp3) is 0.533. The number of rotatable bonds is 8. The molecule has 0 bridgehead atoms. The molecule has 1 unspecified atom stereocenters. The molecule has 0 aromatic heterocycles. The van der Waals surface area contributed by atoms with Gasteiger partial charge in [-0.05, 0) is 44.5 Å². The van der Waals surface area contributed by atoms with Gasteiger partial charge >= 0.3 is 0 Å². The summed E-state index contributed by atoms with van der Waals surface area (Å²) in [6.45, 7) is 5.86. The van der Waals surface area contributed by atoms with Gasteiger partial charge in [-0.1, -0.05) is 19.1 Å². The second-order valence-electron chi connectivity index (χ2n) is 5.54. The van der Waals surface area contributed by atoms with Crippen LogP contribution in [-0.4, -0.2) is 39.7 Å². The molecule has 0 aliphatic rings. The lowest BCUT2D eigenvalue weighted by Crippen LogP contribution is -2.33. The molecular formula is C15H25N3O3S. The van der Waals surface area contributed by atoms with Crippen molar-refractivity contribution in [2.45, 2.75) is 31.9 Å². The third kappa shape index (κ3) is 5.75. The van der Waals surface area contributed by atoms with Crippen molar-refractivity contribution < 1.29 is 13.2 Å². The van der Waals surface area contributed by atoms with Gasteiger partial charge in [-0.15, -0.1) is 0 Å². The molecule has 1 atom stereocenters. The molecule has 7 heteroatoms. The summed E-state index contributed by atoms with van der Waals surface area (Å²) < 4.78 is 26.1. The minimum atomic E-state index is -3.25. The standard InChI is InChI=1S/C15H25N3O3S/c1-11(2)22(20,21)17-9-12(3)13-5-7-14(8-6-13)18-15(19)10-16-4/h5-8,11-12,16-17H,9-10H2,1-4H3,(H,18,19). The summed E-state index contributed by atoms with van der Waals surface area (Å²) in [5.41, 5.74) is 1.73. The van der Waals surface area contributed by atoms with Crippen LogP contribution in [-0.2, 0) is 14.8 Å². The van der Waals surface area contributed by atoms with Crippen molar-refractivity contribution in [3.8, 4) is 0 Å². The van der Waals surface area contributed by atoms with E-state index in [4.69, 9.17) is 0 Å². The van der Waals surface area contributed by atoms with Crippen molar-refractivity contribution >= 4 is 21.6 Å². The van der Waals surface area contributed by atoms with Crippen LogP contribution in [0.2, 0.25) is 0 Å². The second kappa shape index (κ2) is 8.26. The number of anilines is 1. The van der Waals surface area contributed by atoms with E-state index >= 15 is 0 Å². The summed E-state index contributed by atoms with van der Waals surface area (Å²) in [6, 6.07) is 7.42. The maximum Gasteiger partial charge on any atom is 0.238 e. The van der Waals surface area contributed by atoms with E-state index in [0.717, 1.165) is 11.3 Å². The van der Waals surface area contributed by atoms with E-state index in [9.17, 15) is 13.2 Å². The normalized spacial score (nSPS) is 13.1. The zero-order valence-electron chi connectivity index (χ0n) is 13.5. The van der Waals surface area contributed by atoms with Crippen molar-refractivity contribution in [2.24, 2.45) is 0 Å². The second-order valence-corrected chi connectivity index (χ2v) is 7.87. The number of likely N-dealkylation sites (N-methyl/N-ethyl adjacent to an activating group) is 1. The number of hydrogen-bond acceptors (Lipinski definition) is 4. The Labute approximate surface area is 132 Å². The number of carbonyl (C=O) groups is 1. The average Bonchev–Trinajstić information content (AvgIpc) is 2.45. The van der Waals surface area contributed by atoms with Gasteiger partial charge in [0.05, 0.1) is 11.8 Å². The van der Waals surface area contributed by atoms with Gasteiger partial charge in [0.15, 0.2) is 0 Å². The van der Waals surface area contributed by atoms with Crippen molar-refractivity contribution in [3.05, 3.63) is 29.8 Å². The van der Waals surface area contributed by atoms with Gasteiger partial charge in [0.25, 0.3) is 0 Å². The number of sulfonamides is 1. The van der Waals surface area contributed by atoms with Crippen LogP contribution in [0, 0.1) is 0 Å². The largest absolute Gasteiger partial charge is 0.325 e. The van der Waals surface area contributed by atoms with Gasteiger partial charge < -0.3 is 10.6 Å². The van der Waals surface area contributed by atoms with Gasteiger partial charge in [0, 0.05) is 12.2 Å². The van der Waals surface area contributed by atoms with E-state index < -0.39 is 15.3 Å². The highest BCUT2D eigenvalue weighted by molar-refractivity contribution is 7.90. The number of amides is 1. The minimum Gasteiger partial charge on any atom is -0.325 e. The van der Waals surface area contributed by atoms with Crippen molar-refractivity contribution in [3.63, 3.8) is 0 Å². The highest BCUT2D eigenvalue weighted by atomic mass is 32.2. The first-order valence-electron chi connectivity index (χ1n) is 7.29. The molecule has 3 N–H and O–H groups in total. The van der Waals surface area contributed by atoms with Crippen LogP contribution in [0.15, 0.2) is 24.3 Å². The zero-order chi connectivity index (χ0) is 16.8. The van der Waals surface area contributed by atoms with Crippen molar-refractivity contribution in [1.29, 1.82) is 0 Å². The van der Waals surface area contributed by atoms with E-state index in [1.807, 2.05) is 31.2 Å². The first-order chi connectivity index (χ1) is 10.3. The SMILES string of the molecule is CNCC(=O)Nc1ccc(C(C)CNS(=O)(=O)C(C)C)cc1. The highest BCUT2D eigenvalue weighted by Gasteiger charge is 2.17. The fourth-order valence-electron chi connectivity index (χ4n) is 1.79. The molecule has 0 fully saturated rings.